The molecule has 1 aliphatic carbocycles. The minimum Gasteiger partial charge on any atom is -0.480 e. The number of hydrogen-bond acceptors (Lipinski definition) is 4. The molecule has 4 atom stereocenters. The maximum Gasteiger partial charge on any atom is 0.328 e. The van der Waals surface area contributed by atoms with Crippen molar-refractivity contribution in [3.05, 3.63) is 29.8 Å². The summed E-state index contributed by atoms with van der Waals surface area (Å²) >= 11 is 0. The molecule has 7 nitrogen and oxygen atoms in total. The molecule has 0 bridgehead atoms. The Bertz CT molecular complexity index is 750. The summed E-state index contributed by atoms with van der Waals surface area (Å²) in [5, 5.41) is 11.8. The minimum atomic E-state index is -1.14. The molecule has 1 aromatic rings. The number of ether oxygens (including phenoxy) is 1. The molecule has 1 aliphatic heterocycles. The number of carboxylic acids is 1. The zero-order chi connectivity index (χ0) is 20.3. The SMILES string of the molecule is COCC(NC(=O)C1CCCCC1C(=O)N1c2ccccc2CC1C)C(=O)O. The zero-order valence-electron chi connectivity index (χ0n) is 16.4. The first-order chi connectivity index (χ1) is 13.4. The standard InChI is InChI=1S/C21H28N2O5/c1-13-11-14-7-3-6-10-18(14)23(13)20(25)16-9-5-4-8-15(16)19(24)22-17(12-28-2)21(26)27/h3,6-7,10,13,15-17H,4-5,8-9,11-12H2,1-2H3,(H,22,24)(H,26,27). The first-order valence-corrected chi connectivity index (χ1v) is 9.87. The van der Waals surface area contributed by atoms with Crippen LogP contribution >= 0.6 is 0 Å². The average Bonchev–Trinajstić information content (AvgIpc) is 3.02. The van der Waals surface area contributed by atoms with E-state index in [1.165, 1.54) is 7.11 Å². The molecule has 1 heterocycles. The summed E-state index contributed by atoms with van der Waals surface area (Å²) in [6.45, 7) is 1.91. The number of carbonyl (C=O) groups excluding carboxylic acids is 2. The van der Waals surface area contributed by atoms with Crippen molar-refractivity contribution < 1.29 is 24.2 Å². The summed E-state index contributed by atoms with van der Waals surface area (Å²) < 4.78 is 4.89. The van der Waals surface area contributed by atoms with Crippen LogP contribution in [0.1, 0.15) is 38.2 Å². The van der Waals surface area contributed by atoms with Crippen molar-refractivity contribution >= 4 is 23.5 Å². The number of nitrogens with zero attached hydrogens (tertiary/aromatic N) is 1. The van der Waals surface area contributed by atoms with Gasteiger partial charge in [0.25, 0.3) is 0 Å². The van der Waals surface area contributed by atoms with E-state index in [0.29, 0.717) is 12.8 Å². The highest BCUT2D eigenvalue weighted by molar-refractivity contribution is 6.00. The van der Waals surface area contributed by atoms with Crippen molar-refractivity contribution in [3.63, 3.8) is 0 Å². The van der Waals surface area contributed by atoms with Crippen molar-refractivity contribution in [3.8, 4) is 0 Å². The quantitative estimate of drug-likeness (QED) is 0.777. The number of methoxy groups -OCH3 is 1. The van der Waals surface area contributed by atoms with Gasteiger partial charge in [-0.05, 0) is 37.8 Å². The molecular weight excluding hydrogens is 360 g/mol. The number of hydrogen-bond donors (Lipinski definition) is 2. The predicted octanol–water partition coefficient (Wildman–Crippen LogP) is 1.99. The highest BCUT2D eigenvalue weighted by Crippen LogP contribution is 2.38. The lowest BCUT2D eigenvalue weighted by Gasteiger charge is -2.34. The molecule has 0 radical (unpaired) electrons. The van der Waals surface area contributed by atoms with Crippen molar-refractivity contribution in [1.82, 2.24) is 5.32 Å². The van der Waals surface area contributed by atoms with Crippen molar-refractivity contribution in [1.29, 1.82) is 0 Å². The number of nitrogens with one attached hydrogen (secondary N) is 1. The van der Waals surface area contributed by atoms with Gasteiger partial charge in [0, 0.05) is 24.8 Å². The van der Waals surface area contributed by atoms with Gasteiger partial charge < -0.3 is 20.1 Å². The molecule has 0 spiro atoms. The summed E-state index contributed by atoms with van der Waals surface area (Å²) in [6.07, 6.45) is 3.79. The number of carboxylic acid groups (broad SMARTS) is 1. The molecule has 28 heavy (non-hydrogen) atoms. The van der Waals surface area contributed by atoms with Gasteiger partial charge in [-0.15, -0.1) is 0 Å². The molecule has 3 rings (SSSR count). The van der Waals surface area contributed by atoms with Gasteiger partial charge in [-0.1, -0.05) is 31.0 Å². The van der Waals surface area contributed by atoms with Gasteiger partial charge in [-0.25, -0.2) is 4.79 Å². The number of rotatable bonds is 6. The fraction of sp³-hybridized carbons (Fsp3) is 0.571. The second-order valence-electron chi connectivity index (χ2n) is 7.74. The second kappa shape index (κ2) is 8.73. The minimum absolute atomic E-state index is 0.0316. The third-order valence-electron chi connectivity index (χ3n) is 5.81. The molecule has 4 unspecified atom stereocenters. The van der Waals surface area contributed by atoms with Gasteiger partial charge >= 0.3 is 5.97 Å². The Morgan fingerprint density at radius 1 is 1.21 bits per heavy atom. The van der Waals surface area contributed by atoms with Gasteiger partial charge in [-0.2, -0.15) is 0 Å². The summed E-state index contributed by atoms with van der Waals surface area (Å²) in [7, 11) is 1.39. The van der Waals surface area contributed by atoms with Crippen molar-refractivity contribution in [2.45, 2.75) is 51.1 Å². The molecule has 2 amide bonds. The first kappa shape index (κ1) is 20.3. The largest absolute Gasteiger partial charge is 0.480 e. The Labute approximate surface area is 165 Å². The van der Waals surface area contributed by atoms with E-state index in [1.807, 2.05) is 36.1 Å². The number of carbonyl (C=O) groups is 3. The first-order valence-electron chi connectivity index (χ1n) is 9.87. The Morgan fingerprint density at radius 3 is 2.57 bits per heavy atom. The van der Waals surface area contributed by atoms with E-state index in [0.717, 1.165) is 30.5 Å². The van der Waals surface area contributed by atoms with E-state index < -0.39 is 23.8 Å². The highest BCUT2D eigenvalue weighted by Gasteiger charge is 2.42. The lowest BCUT2D eigenvalue weighted by atomic mass is 9.77. The van der Waals surface area contributed by atoms with Crippen LogP contribution in [-0.2, 0) is 25.5 Å². The Balaban J connectivity index is 1.78. The van der Waals surface area contributed by atoms with Gasteiger partial charge in [-0.3, -0.25) is 9.59 Å². The van der Waals surface area contributed by atoms with E-state index >= 15 is 0 Å². The summed E-state index contributed by atoms with van der Waals surface area (Å²) in [6, 6.07) is 6.82. The second-order valence-corrected chi connectivity index (χ2v) is 7.74. The molecule has 2 N–H and O–H groups in total. The molecule has 152 valence electrons. The molecular formula is C21H28N2O5. The van der Waals surface area contributed by atoms with Crippen LogP contribution in [0.25, 0.3) is 0 Å². The number of fused-ring (bicyclic) bond motifs is 1. The van der Waals surface area contributed by atoms with Crippen LogP contribution in [0, 0.1) is 11.8 Å². The molecule has 1 aromatic carbocycles. The van der Waals surface area contributed by atoms with Crippen LogP contribution in [0.15, 0.2) is 24.3 Å². The number of aliphatic carboxylic acids is 1. The van der Waals surface area contributed by atoms with Crippen LogP contribution in [0.2, 0.25) is 0 Å². The topological polar surface area (TPSA) is 95.9 Å². The number of para-hydroxylation sites is 1. The molecule has 1 saturated carbocycles. The van der Waals surface area contributed by atoms with E-state index in [1.54, 1.807) is 0 Å². The molecule has 0 saturated heterocycles. The molecule has 2 aliphatic rings. The van der Waals surface area contributed by atoms with E-state index in [9.17, 15) is 19.5 Å². The zero-order valence-corrected chi connectivity index (χ0v) is 16.4. The van der Waals surface area contributed by atoms with Crippen LogP contribution in [0.3, 0.4) is 0 Å². The number of amides is 2. The third-order valence-corrected chi connectivity index (χ3v) is 5.81. The normalized spacial score (nSPS) is 25.1. The summed E-state index contributed by atoms with van der Waals surface area (Å²) in [5.74, 6) is -2.49. The van der Waals surface area contributed by atoms with Crippen LogP contribution in [0.5, 0.6) is 0 Å². The number of anilines is 1. The van der Waals surface area contributed by atoms with Gasteiger partial charge in [0.15, 0.2) is 6.04 Å². The predicted molar refractivity (Wildman–Crippen MR) is 104 cm³/mol. The van der Waals surface area contributed by atoms with E-state index in [2.05, 4.69) is 5.32 Å². The average molecular weight is 388 g/mol. The highest BCUT2D eigenvalue weighted by atomic mass is 16.5. The smallest absolute Gasteiger partial charge is 0.328 e. The molecule has 7 heteroatoms. The van der Waals surface area contributed by atoms with Crippen LogP contribution in [0.4, 0.5) is 5.69 Å². The Hall–Kier alpha value is -2.41. The van der Waals surface area contributed by atoms with E-state index in [4.69, 9.17) is 4.74 Å². The Kier molecular flexibility index (Phi) is 6.34. The fourth-order valence-corrected chi connectivity index (χ4v) is 4.44. The Morgan fingerprint density at radius 2 is 1.89 bits per heavy atom. The maximum atomic E-state index is 13.4. The summed E-state index contributed by atoms with van der Waals surface area (Å²) in [4.78, 5) is 39.5. The molecule has 0 aromatic heterocycles. The van der Waals surface area contributed by atoms with Crippen molar-refractivity contribution in [2.24, 2.45) is 11.8 Å². The lowest BCUT2D eigenvalue weighted by molar-refractivity contribution is -0.145. The summed E-state index contributed by atoms with van der Waals surface area (Å²) in [5.41, 5.74) is 2.07. The molecule has 1 fully saturated rings. The third kappa shape index (κ3) is 4.04. The van der Waals surface area contributed by atoms with Gasteiger partial charge in [0.05, 0.1) is 12.5 Å². The van der Waals surface area contributed by atoms with E-state index in [-0.39, 0.29) is 24.5 Å². The monoisotopic (exact) mass is 388 g/mol. The fourth-order valence-electron chi connectivity index (χ4n) is 4.44. The van der Waals surface area contributed by atoms with Gasteiger partial charge in [0.2, 0.25) is 11.8 Å². The number of benzene rings is 1. The van der Waals surface area contributed by atoms with Crippen LogP contribution < -0.4 is 10.2 Å². The van der Waals surface area contributed by atoms with Gasteiger partial charge in [0.1, 0.15) is 0 Å². The van der Waals surface area contributed by atoms with Crippen molar-refractivity contribution in [2.75, 3.05) is 18.6 Å². The maximum absolute atomic E-state index is 13.4. The lowest BCUT2D eigenvalue weighted by Crippen LogP contribution is -2.51. The van der Waals surface area contributed by atoms with Crippen LogP contribution in [-0.4, -0.2) is 48.7 Å².